The van der Waals surface area contributed by atoms with Gasteiger partial charge in [0, 0.05) is 30.5 Å². The van der Waals surface area contributed by atoms with Crippen LogP contribution in [0.1, 0.15) is 79.2 Å². The molecule has 2 heterocycles. The first-order valence-corrected chi connectivity index (χ1v) is 14.3. The Bertz CT molecular complexity index is 1300. The smallest absolute Gasteiger partial charge is 0.411 e. The van der Waals surface area contributed by atoms with Crippen LogP contribution in [-0.4, -0.2) is 76.3 Å². The van der Waals surface area contributed by atoms with Crippen molar-refractivity contribution in [2.45, 2.75) is 90.9 Å². The predicted molar refractivity (Wildman–Crippen MR) is 154 cm³/mol. The molecular weight excluding hydrogens is 528 g/mol. The number of carboxylic acids is 1. The average Bonchev–Trinajstić information content (AvgIpc) is 3.53. The second-order valence-electron chi connectivity index (χ2n) is 13.2. The van der Waals surface area contributed by atoms with Crippen molar-refractivity contribution in [1.82, 2.24) is 9.88 Å². The van der Waals surface area contributed by atoms with Crippen molar-refractivity contribution in [2.75, 3.05) is 26.9 Å². The summed E-state index contributed by atoms with van der Waals surface area (Å²) in [5, 5.41) is 20.6. The van der Waals surface area contributed by atoms with E-state index < -0.39 is 29.3 Å². The molecule has 2 aliphatic rings. The molecule has 1 aliphatic carbocycles. The molecule has 2 aromatic rings. The van der Waals surface area contributed by atoms with Gasteiger partial charge in [-0.25, -0.2) is 14.6 Å². The van der Waals surface area contributed by atoms with Crippen LogP contribution in [0.2, 0.25) is 0 Å². The molecule has 0 radical (unpaired) electrons. The normalized spacial score (nSPS) is 24.3. The number of carbonyl (C=O) groups is 2. The van der Waals surface area contributed by atoms with Gasteiger partial charge in [-0.2, -0.15) is 0 Å². The van der Waals surface area contributed by atoms with E-state index in [1.807, 2.05) is 19.1 Å². The lowest BCUT2D eigenvalue weighted by molar-refractivity contribution is -0.148. The Kier molecular flexibility index (Phi) is 8.38. The molecule has 1 aromatic heterocycles. The number of carboxylic acid groups (broad SMARTS) is 1. The van der Waals surface area contributed by atoms with Gasteiger partial charge in [0.05, 0.1) is 25.8 Å². The SMILES string of the molecule is CCOc1cc(O[C@H]2CN(C(=O)OC(C)(C)C)[C@](C)(C(=O)O)C2)c2cc(C3CC3CC(C)(C)CO)c(OC)cc2n1. The number of pyridine rings is 1. The quantitative estimate of drug-likeness (QED) is 0.385. The van der Waals surface area contributed by atoms with Crippen LogP contribution < -0.4 is 14.2 Å². The lowest BCUT2D eigenvalue weighted by Crippen LogP contribution is -2.52. The number of rotatable bonds is 10. The number of aliphatic hydroxyl groups excluding tert-OH is 1. The number of nitrogens with zero attached hydrogens (tertiary/aromatic N) is 2. The molecule has 0 spiro atoms. The van der Waals surface area contributed by atoms with Gasteiger partial charge in [0.25, 0.3) is 0 Å². The fraction of sp³-hybridized carbons (Fsp3) is 0.645. The highest BCUT2D eigenvalue weighted by molar-refractivity contribution is 5.89. The van der Waals surface area contributed by atoms with Crippen molar-refractivity contribution >= 4 is 23.0 Å². The minimum atomic E-state index is -1.49. The highest BCUT2D eigenvalue weighted by Crippen LogP contribution is 2.56. The Labute approximate surface area is 241 Å². The summed E-state index contributed by atoms with van der Waals surface area (Å²) in [4.78, 5) is 31.3. The molecule has 1 saturated heterocycles. The molecule has 1 aliphatic heterocycles. The number of likely N-dealkylation sites (tertiary alicyclic amines) is 1. The molecule has 1 aromatic carbocycles. The second-order valence-corrected chi connectivity index (χ2v) is 13.2. The third-order valence-electron chi connectivity index (χ3n) is 7.93. The van der Waals surface area contributed by atoms with E-state index in [0.717, 1.165) is 29.5 Å². The summed E-state index contributed by atoms with van der Waals surface area (Å²) in [5.41, 5.74) is -0.751. The molecule has 4 atom stereocenters. The molecule has 226 valence electrons. The lowest BCUT2D eigenvalue weighted by atomic mass is 9.87. The molecule has 4 rings (SSSR count). The number of benzene rings is 1. The summed E-state index contributed by atoms with van der Waals surface area (Å²) in [6.45, 7) is 13.3. The highest BCUT2D eigenvalue weighted by Gasteiger charge is 2.52. The number of methoxy groups -OCH3 is 1. The van der Waals surface area contributed by atoms with Gasteiger partial charge in [0.2, 0.25) is 5.88 Å². The largest absolute Gasteiger partial charge is 0.496 e. The van der Waals surface area contributed by atoms with Gasteiger partial charge in [-0.1, -0.05) is 13.8 Å². The van der Waals surface area contributed by atoms with Crippen molar-refractivity contribution in [1.29, 1.82) is 0 Å². The molecule has 2 unspecified atom stereocenters. The van der Waals surface area contributed by atoms with Crippen LogP contribution in [0.4, 0.5) is 4.79 Å². The molecule has 10 nitrogen and oxygen atoms in total. The maximum absolute atomic E-state index is 13.0. The summed E-state index contributed by atoms with van der Waals surface area (Å²) in [7, 11) is 1.64. The summed E-state index contributed by atoms with van der Waals surface area (Å²) >= 11 is 0. The number of aliphatic carboxylic acids is 1. The minimum Gasteiger partial charge on any atom is -0.496 e. The molecule has 0 bridgehead atoms. The van der Waals surface area contributed by atoms with Gasteiger partial charge in [-0.15, -0.1) is 0 Å². The monoisotopic (exact) mass is 572 g/mol. The van der Waals surface area contributed by atoms with Crippen molar-refractivity contribution in [3.63, 3.8) is 0 Å². The molecule has 41 heavy (non-hydrogen) atoms. The van der Waals surface area contributed by atoms with Crippen LogP contribution in [0.25, 0.3) is 10.9 Å². The topological polar surface area (TPSA) is 128 Å². The summed E-state index contributed by atoms with van der Waals surface area (Å²) in [6.07, 6.45) is 0.681. The Hall–Kier alpha value is -3.27. The van der Waals surface area contributed by atoms with Gasteiger partial charge in [-0.3, -0.25) is 4.90 Å². The van der Waals surface area contributed by atoms with E-state index >= 15 is 0 Å². The number of amides is 1. The molecule has 1 saturated carbocycles. The van der Waals surface area contributed by atoms with E-state index in [-0.39, 0.29) is 30.9 Å². The Morgan fingerprint density at radius 3 is 2.44 bits per heavy atom. The maximum Gasteiger partial charge on any atom is 0.411 e. The number of carbonyl (C=O) groups excluding carboxylic acids is 1. The second kappa shape index (κ2) is 11.2. The number of aromatic nitrogens is 1. The summed E-state index contributed by atoms with van der Waals surface area (Å²) < 4.78 is 23.5. The van der Waals surface area contributed by atoms with E-state index in [1.54, 1.807) is 33.9 Å². The van der Waals surface area contributed by atoms with E-state index in [2.05, 4.69) is 18.8 Å². The van der Waals surface area contributed by atoms with Gasteiger partial charge < -0.3 is 29.2 Å². The third kappa shape index (κ3) is 6.63. The van der Waals surface area contributed by atoms with Crippen molar-refractivity contribution in [3.05, 3.63) is 23.8 Å². The van der Waals surface area contributed by atoms with E-state index in [9.17, 15) is 19.8 Å². The van der Waals surface area contributed by atoms with Crippen LogP contribution in [0.5, 0.6) is 17.4 Å². The highest BCUT2D eigenvalue weighted by atomic mass is 16.6. The molecular formula is C31H44N2O8. The van der Waals surface area contributed by atoms with Crippen LogP contribution >= 0.6 is 0 Å². The van der Waals surface area contributed by atoms with Crippen LogP contribution in [0, 0.1) is 11.3 Å². The molecule has 2 fully saturated rings. The Morgan fingerprint density at radius 1 is 1.15 bits per heavy atom. The molecule has 2 N–H and O–H groups in total. The number of hydrogen-bond acceptors (Lipinski definition) is 8. The fourth-order valence-corrected chi connectivity index (χ4v) is 5.71. The number of aliphatic hydroxyl groups is 1. The van der Waals surface area contributed by atoms with Gasteiger partial charge >= 0.3 is 12.1 Å². The maximum atomic E-state index is 13.0. The molecule has 1 amide bonds. The van der Waals surface area contributed by atoms with Gasteiger partial charge in [0.15, 0.2) is 0 Å². The standard InChI is InChI=1S/C31H44N2O8/c1-9-39-26-13-25(40-19-15-31(7,27(35)36)33(16-19)28(37)41-29(2,3)4)22-11-21(24(38-8)12-23(22)32-26)20-10-18(20)14-30(5,6)17-34/h11-13,18-20,34H,9-10,14-17H2,1-8H3,(H,35,36)/t18?,19-,20?,31+/m1/s1. The molecule has 10 heteroatoms. The summed E-state index contributed by atoms with van der Waals surface area (Å²) in [5.74, 6) is 1.19. The zero-order valence-electron chi connectivity index (χ0n) is 25.4. The van der Waals surface area contributed by atoms with E-state index in [0.29, 0.717) is 29.7 Å². The van der Waals surface area contributed by atoms with Gasteiger partial charge in [-0.05, 0) is 76.3 Å². The zero-order chi connectivity index (χ0) is 30.3. The minimum absolute atomic E-state index is 0.0510. The Balaban J connectivity index is 1.69. The van der Waals surface area contributed by atoms with Crippen LogP contribution in [0.15, 0.2) is 18.2 Å². The Morgan fingerprint density at radius 2 is 1.85 bits per heavy atom. The van der Waals surface area contributed by atoms with E-state index in [4.69, 9.17) is 18.9 Å². The van der Waals surface area contributed by atoms with Crippen LogP contribution in [-0.2, 0) is 9.53 Å². The average molecular weight is 573 g/mol. The predicted octanol–water partition coefficient (Wildman–Crippen LogP) is 5.39. The van der Waals surface area contributed by atoms with Gasteiger partial charge in [0.1, 0.15) is 28.7 Å². The lowest BCUT2D eigenvalue weighted by Gasteiger charge is -2.32. The fourth-order valence-electron chi connectivity index (χ4n) is 5.71. The third-order valence-corrected chi connectivity index (χ3v) is 7.93. The van der Waals surface area contributed by atoms with Crippen molar-refractivity contribution < 1.29 is 38.7 Å². The number of fused-ring (bicyclic) bond motifs is 1. The van der Waals surface area contributed by atoms with Crippen LogP contribution in [0.3, 0.4) is 0 Å². The van der Waals surface area contributed by atoms with Crippen molar-refractivity contribution in [2.24, 2.45) is 11.3 Å². The number of hydrogen-bond donors (Lipinski definition) is 2. The van der Waals surface area contributed by atoms with E-state index in [1.165, 1.54) is 11.8 Å². The first-order valence-electron chi connectivity index (χ1n) is 14.3. The first-order chi connectivity index (χ1) is 19.1. The van der Waals surface area contributed by atoms with Crippen molar-refractivity contribution in [3.8, 4) is 17.4 Å². The number of ether oxygens (including phenoxy) is 4. The zero-order valence-corrected chi connectivity index (χ0v) is 25.4. The summed E-state index contributed by atoms with van der Waals surface area (Å²) in [6, 6.07) is 5.64. The first kappa shape index (κ1) is 30.7.